The molecule has 5 rings (SSSR count). The number of aliphatic hydroxyl groups excluding tert-OH is 1. The second kappa shape index (κ2) is 13.0. The van der Waals surface area contributed by atoms with Gasteiger partial charge in [-0.2, -0.15) is 0 Å². The molecule has 4 aromatic carbocycles. The fourth-order valence-electron chi connectivity index (χ4n) is 5.05. The first-order chi connectivity index (χ1) is 19.5. The number of carbonyl (C=O) groups is 1. The third kappa shape index (κ3) is 6.84. The van der Waals surface area contributed by atoms with Crippen LogP contribution in [0.5, 0.6) is 0 Å². The van der Waals surface area contributed by atoms with Crippen LogP contribution in [-0.2, 0) is 16.1 Å². The SMILES string of the molecule is CC(c1ccccc1)N(C)CC1CC(c2ccc(CO)cc2)OC(c2cccc(NC(=O)c3ccccc3)c2)O1. The molecule has 0 spiro atoms. The van der Waals surface area contributed by atoms with E-state index in [1.165, 1.54) is 5.56 Å². The number of benzene rings is 4. The van der Waals surface area contributed by atoms with Crippen molar-refractivity contribution >= 4 is 11.6 Å². The smallest absolute Gasteiger partial charge is 0.255 e. The van der Waals surface area contributed by atoms with Crippen molar-refractivity contribution in [3.63, 3.8) is 0 Å². The summed E-state index contributed by atoms with van der Waals surface area (Å²) in [5.74, 6) is -0.167. The van der Waals surface area contributed by atoms with Crippen molar-refractivity contribution in [1.82, 2.24) is 4.90 Å². The highest BCUT2D eigenvalue weighted by Gasteiger charge is 2.33. The summed E-state index contributed by atoms with van der Waals surface area (Å²) in [6.45, 7) is 2.94. The minimum absolute atomic E-state index is 0.00380. The maximum absolute atomic E-state index is 12.7. The highest BCUT2D eigenvalue weighted by molar-refractivity contribution is 6.04. The van der Waals surface area contributed by atoms with Gasteiger partial charge in [0.15, 0.2) is 6.29 Å². The predicted octanol–water partition coefficient (Wildman–Crippen LogP) is 6.67. The van der Waals surface area contributed by atoms with E-state index in [0.717, 1.165) is 23.2 Å². The van der Waals surface area contributed by atoms with E-state index in [9.17, 15) is 9.90 Å². The van der Waals surface area contributed by atoms with Gasteiger partial charge in [0.25, 0.3) is 5.91 Å². The second-order valence-corrected chi connectivity index (χ2v) is 10.3. The largest absolute Gasteiger partial charge is 0.392 e. The number of carbonyl (C=O) groups excluding carboxylic acids is 1. The summed E-state index contributed by atoms with van der Waals surface area (Å²) in [7, 11) is 2.12. The number of anilines is 1. The summed E-state index contributed by atoms with van der Waals surface area (Å²) in [5, 5.41) is 12.5. The average molecular weight is 537 g/mol. The lowest BCUT2D eigenvalue weighted by molar-refractivity contribution is -0.253. The maximum Gasteiger partial charge on any atom is 0.255 e. The van der Waals surface area contributed by atoms with E-state index in [-0.39, 0.29) is 30.8 Å². The van der Waals surface area contributed by atoms with Crippen molar-refractivity contribution < 1.29 is 19.4 Å². The molecule has 4 atom stereocenters. The summed E-state index contributed by atoms with van der Waals surface area (Å²) in [5.41, 5.74) is 5.28. The number of hydrogen-bond acceptors (Lipinski definition) is 5. The van der Waals surface area contributed by atoms with Gasteiger partial charge >= 0.3 is 0 Å². The molecule has 40 heavy (non-hydrogen) atoms. The van der Waals surface area contributed by atoms with E-state index in [4.69, 9.17) is 9.47 Å². The Labute approximate surface area is 236 Å². The molecule has 6 nitrogen and oxygen atoms in total. The topological polar surface area (TPSA) is 71.0 Å². The van der Waals surface area contributed by atoms with Gasteiger partial charge in [-0.15, -0.1) is 0 Å². The highest BCUT2D eigenvalue weighted by atomic mass is 16.7. The zero-order valence-corrected chi connectivity index (χ0v) is 22.9. The number of nitrogens with zero attached hydrogens (tertiary/aromatic N) is 1. The predicted molar refractivity (Wildman–Crippen MR) is 157 cm³/mol. The molecule has 2 N–H and O–H groups in total. The van der Waals surface area contributed by atoms with Crippen molar-refractivity contribution in [1.29, 1.82) is 0 Å². The van der Waals surface area contributed by atoms with Gasteiger partial charge in [-0.1, -0.05) is 84.9 Å². The van der Waals surface area contributed by atoms with E-state index in [1.807, 2.05) is 72.8 Å². The molecule has 4 aromatic rings. The van der Waals surface area contributed by atoms with Crippen LogP contribution in [0.2, 0.25) is 0 Å². The molecule has 1 saturated heterocycles. The number of aliphatic hydroxyl groups is 1. The van der Waals surface area contributed by atoms with Gasteiger partial charge in [0.05, 0.1) is 18.8 Å². The molecule has 1 amide bonds. The lowest BCUT2D eigenvalue weighted by atomic mass is 9.99. The Balaban J connectivity index is 1.36. The fourth-order valence-corrected chi connectivity index (χ4v) is 5.05. The van der Waals surface area contributed by atoms with Gasteiger partial charge < -0.3 is 19.9 Å². The molecule has 206 valence electrons. The van der Waals surface area contributed by atoms with Crippen molar-refractivity contribution in [3.05, 3.63) is 137 Å². The first kappa shape index (κ1) is 27.7. The van der Waals surface area contributed by atoms with Crippen LogP contribution in [0.1, 0.15) is 64.4 Å². The molecule has 1 fully saturated rings. The quantitative estimate of drug-likeness (QED) is 0.250. The molecule has 1 heterocycles. The Morgan fingerprint density at radius 2 is 1.60 bits per heavy atom. The standard InChI is InChI=1S/C34H36N2O4/c1-24(26-10-5-3-6-11-26)36(2)22-31-21-32(27-18-16-25(23-37)17-19-27)40-34(39-31)29-14-9-15-30(20-29)35-33(38)28-12-7-4-8-13-28/h3-20,24,31-32,34,37H,21-23H2,1-2H3,(H,35,38). The Morgan fingerprint density at radius 3 is 2.30 bits per heavy atom. The van der Waals surface area contributed by atoms with Gasteiger partial charge in [0, 0.05) is 35.8 Å². The number of nitrogens with one attached hydrogen (secondary N) is 1. The van der Waals surface area contributed by atoms with E-state index in [0.29, 0.717) is 17.7 Å². The first-order valence-corrected chi connectivity index (χ1v) is 13.7. The third-order valence-electron chi connectivity index (χ3n) is 7.50. The van der Waals surface area contributed by atoms with Crippen LogP contribution in [0, 0.1) is 0 Å². The van der Waals surface area contributed by atoms with Crippen LogP contribution in [0.15, 0.2) is 109 Å². The average Bonchev–Trinajstić information content (AvgIpc) is 3.01. The summed E-state index contributed by atoms with van der Waals surface area (Å²) in [6, 6.07) is 35.4. The first-order valence-electron chi connectivity index (χ1n) is 13.7. The molecule has 0 bridgehead atoms. The molecule has 0 saturated carbocycles. The molecule has 0 aliphatic carbocycles. The summed E-state index contributed by atoms with van der Waals surface area (Å²) in [6.07, 6.45) is -0.166. The second-order valence-electron chi connectivity index (χ2n) is 10.3. The number of hydrogen-bond donors (Lipinski definition) is 2. The number of likely N-dealkylation sites (N-methyl/N-ethyl adjacent to an activating group) is 1. The van der Waals surface area contributed by atoms with Crippen molar-refractivity contribution in [3.8, 4) is 0 Å². The summed E-state index contributed by atoms with van der Waals surface area (Å²) in [4.78, 5) is 15.1. The van der Waals surface area contributed by atoms with Crippen LogP contribution in [-0.4, -0.2) is 35.6 Å². The van der Waals surface area contributed by atoms with E-state index < -0.39 is 6.29 Å². The van der Waals surface area contributed by atoms with Gasteiger partial charge in [-0.3, -0.25) is 9.69 Å². The Bertz CT molecular complexity index is 1380. The van der Waals surface area contributed by atoms with Crippen LogP contribution in [0.25, 0.3) is 0 Å². The van der Waals surface area contributed by atoms with Gasteiger partial charge in [-0.05, 0) is 54.9 Å². The van der Waals surface area contributed by atoms with Gasteiger partial charge in [0.1, 0.15) is 0 Å². The van der Waals surface area contributed by atoms with E-state index >= 15 is 0 Å². The number of amides is 1. The van der Waals surface area contributed by atoms with Crippen molar-refractivity contribution in [2.45, 2.75) is 44.5 Å². The van der Waals surface area contributed by atoms with Crippen molar-refractivity contribution in [2.75, 3.05) is 18.9 Å². The Hall–Kier alpha value is -3.81. The Morgan fingerprint density at radius 1 is 0.900 bits per heavy atom. The molecule has 1 aliphatic heterocycles. The monoisotopic (exact) mass is 536 g/mol. The molecule has 4 unspecified atom stereocenters. The minimum Gasteiger partial charge on any atom is -0.392 e. The molecule has 6 heteroatoms. The van der Waals surface area contributed by atoms with Crippen molar-refractivity contribution in [2.24, 2.45) is 0 Å². The molecular formula is C34H36N2O4. The highest BCUT2D eigenvalue weighted by Crippen LogP contribution is 2.39. The fraction of sp³-hybridized carbons (Fsp3) is 0.265. The zero-order chi connectivity index (χ0) is 27.9. The molecule has 1 aliphatic rings. The third-order valence-corrected chi connectivity index (χ3v) is 7.50. The maximum atomic E-state index is 12.7. The van der Waals surface area contributed by atoms with Gasteiger partial charge in [0.2, 0.25) is 0 Å². The van der Waals surface area contributed by atoms with E-state index in [2.05, 4.69) is 48.5 Å². The molecule has 0 aromatic heterocycles. The summed E-state index contributed by atoms with van der Waals surface area (Å²) < 4.78 is 13.1. The van der Waals surface area contributed by atoms with Crippen LogP contribution < -0.4 is 5.32 Å². The van der Waals surface area contributed by atoms with Crippen LogP contribution in [0.4, 0.5) is 5.69 Å². The molecule has 0 radical (unpaired) electrons. The zero-order valence-electron chi connectivity index (χ0n) is 22.9. The molecular weight excluding hydrogens is 500 g/mol. The number of rotatable bonds is 9. The van der Waals surface area contributed by atoms with Crippen LogP contribution >= 0.6 is 0 Å². The lowest BCUT2D eigenvalue weighted by Gasteiger charge is -2.39. The van der Waals surface area contributed by atoms with Crippen LogP contribution in [0.3, 0.4) is 0 Å². The summed E-state index contributed by atoms with van der Waals surface area (Å²) >= 11 is 0. The number of ether oxygens (including phenoxy) is 2. The van der Waals surface area contributed by atoms with Gasteiger partial charge in [-0.25, -0.2) is 0 Å². The normalized spacial score (nSPS) is 19.8. The van der Waals surface area contributed by atoms with E-state index in [1.54, 1.807) is 12.1 Å². The minimum atomic E-state index is -0.602. The lowest BCUT2D eigenvalue weighted by Crippen LogP contribution is -2.38. The Kier molecular flexibility index (Phi) is 9.04.